The maximum atomic E-state index is 13.3. The summed E-state index contributed by atoms with van der Waals surface area (Å²) in [6.45, 7) is 3.68. The van der Waals surface area contributed by atoms with Crippen LogP contribution in [0.15, 0.2) is 23.1 Å². The number of benzene rings is 1. The number of nitro groups is 1. The first-order chi connectivity index (χ1) is 8.25. The fourth-order valence-corrected chi connectivity index (χ4v) is 2.64. The Morgan fingerprint density at radius 2 is 2.06 bits per heavy atom. The first-order valence-electron chi connectivity index (χ1n) is 5.18. The quantitative estimate of drug-likeness (QED) is 0.654. The van der Waals surface area contributed by atoms with Crippen LogP contribution >= 0.6 is 0 Å². The van der Waals surface area contributed by atoms with Gasteiger partial charge in [0.15, 0.2) is 4.90 Å². The Kier molecular flexibility index (Phi) is 4.36. The minimum absolute atomic E-state index is 0.0346. The van der Waals surface area contributed by atoms with Crippen LogP contribution in [0.25, 0.3) is 0 Å². The van der Waals surface area contributed by atoms with E-state index >= 15 is 0 Å². The van der Waals surface area contributed by atoms with Gasteiger partial charge < -0.3 is 0 Å². The zero-order valence-electron chi connectivity index (χ0n) is 9.88. The molecule has 6 nitrogen and oxygen atoms in total. The molecule has 0 fully saturated rings. The Morgan fingerprint density at radius 3 is 2.56 bits per heavy atom. The summed E-state index contributed by atoms with van der Waals surface area (Å²) in [5.74, 6) is -1.14. The van der Waals surface area contributed by atoms with Crippen LogP contribution in [0.5, 0.6) is 0 Å². The smallest absolute Gasteiger partial charge is 0.258 e. The van der Waals surface area contributed by atoms with Gasteiger partial charge in [0.2, 0.25) is 15.8 Å². The number of rotatable bonds is 5. The Morgan fingerprint density at radius 1 is 1.44 bits per heavy atom. The molecule has 1 N–H and O–H groups in total. The van der Waals surface area contributed by atoms with E-state index in [-0.39, 0.29) is 12.5 Å². The molecule has 8 heteroatoms. The average Bonchev–Trinajstić information content (AvgIpc) is 2.25. The average molecular weight is 276 g/mol. The van der Waals surface area contributed by atoms with Crippen molar-refractivity contribution in [3.63, 3.8) is 0 Å². The molecule has 18 heavy (non-hydrogen) atoms. The lowest BCUT2D eigenvalue weighted by molar-refractivity contribution is -0.390. The second kappa shape index (κ2) is 5.40. The molecule has 1 aromatic carbocycles. The maximum Gasteiger partial charge on any atom is 0.324 e. The lowest BCUT2D eigenvalue weighted by Gasteiger charge is -2.09. The van der Waals surface area contributed by atoms with E-state index in [1.165, 1.54) is 0 Å². The molecule has 0 atom stereocenters. The number of para-hydroxylation sites is 1. The zero-order valence-corrected chi connectivity index (χ0v) is 10.7. The largest absolute Gasteiger partial charge is 0.324 e. The summed E-state index contributed by atoms with van der Waals surface area (Å²) in [5.41, 5.74) is -1.03. The number of sulfonamides is 1. The highest BCUT2D eigenvalue weighted by atomic mass is 32.2. The molecule has 0 aliphatic carbocycles. The van der Waals surface area contributed by atoms with Crippen LogP contribution in [0.2, 0.25) is 0 Å². The van der Waals surface area contributed by atoms with Gasteiger partial charge in [-0.15, -0.1) is 0 Å². The highest BCUT2D eigenvalue weighted by molar-refractivity contribution is 7.89. The summed E-state index contributed by atoms with van der Waals surface area (Å²) >= 11 is 0. The molecule has 0 unspecified atom stereocenters. The van der Waals surface area contributed by atoms with Crippen molar-refractivity contribution in [1.29, 1.82) is 0 Å². The topological polar surface area (TPSA) is 89.3 Å². The molecular formula is C10H13FN2O4S. The molecule has 1 rings (SSSR count). The molecule has 0 bridgehead atoms. The van der Waals surface area contributed by atoms with E-state index in [9.17, 15) is 22.9 Å². The fourth-order valence-electron chi connectivity index (χ4n) is 1.24. The summed E-state index contributed by atoms with van der Waals surface area (Å²) in [4.78, 5) is 9.00. The molecule has 0 aliphatic heterocycles. The van der Waals surface area contributed by atoms with Crippen molar-refractivity contribution in [2.45, 2.75) is 18.7 Å². The minimum Gasteiger partial charge on any atom is -0.258 e. The number of hydrogen-bond donors (Lipinski definition) is 1. The van der Waals surface area contributed by atoms with Gasteiger partial charge in [0.25, 0.3) is 0 Å². The van der Waals surface area contributed by atoms with Gasteiger partial charge in [0.1, 0.15) is 0 Å². The maximum absolute atomic E-state index is 13.3. The molecule has 1 aromatic rings. The van der Waals surface area contributed by atoms with Gasteiger partial charge in [0.05, 0.1) is 4.92 Å². The SMILES string of the molecule is CC(C)CNS(=O)(=O)c1cccc(F)c1[N+](=O)[O-]. The van der Waals surface area contributed by atoms with E-state index in [1.54, 1.807) is 13.8 Å². The summed E-state index contributed by atoms with van der Waals surface area (Å²) in [5, 5.41) is 10.7. The first-order valence-corrected chi connectivity index (χ1v) is 6.66. The highest BCUT2D eigenvalue weighted by Crippen LogP contribution is 2.26. The van der Waals surface area contributed by atoms with Crippen LogP contribution in [-0.4, -0.2) is 19.9 Å². The van der Waals surface area contributed by atoms with E-state index in [2.05, 4.69) is 4.72 Å². The number of hydrogen-bond acceptors (Lipinski definition) is 4. The third-order valence-corrected chi connectivity index (χ3v) is 3.56. The number of nitrogens with one attached hydrogen (secondary N) is 1. The van der Waals surface area contributed by atoms with Gasteiger partial charge in [-0.1, -0.05) is 19.9 Å². The fraction of sp³-hybridized carbons (Fsp3) is 0.400. The zero-order chi connectivity index (χ0) is 13.9. The molecule has 0 heterocycles. The lowest BCUT2D eigenvalue weighted by Crippen LogP contribution is -2.28. The van der Waals surface area contributed by atoms with Crippen molar-refractivity contribution in [1.82, 2.24) is 4.72 Å². The highest BCUT2D eigenvalue weighted by Gasteiger charge is 2.29. The van der Waals surface area contributed by atoms with Crippen molar-refractivity contribution >= 4 is 15.7 Å². The van der Waals surface area contributed by atoms with Crippen LogP contribution in [0.1, 0.15) is 13.8 Å². The molecule has 0 saturated carbocycles. The Balaban J connectivity index is 3.24. The summed E-state index contributed by atoms with van der Waals surface area (Å²) in [6.07, 6.45) is 0. The van der Waals surface area contributed by atoms with Gasteiger partial charge in [-0.25, -0.2) is 13.1 Å². The number of nitrogens with zero attached hydrogens (tertiary/aromatic N) is 1. The van der Waals surface area contributed by atoms with Crippen molar-refractivity contribution in [3.05, 3.63) is 34.1 Å². The van der Waals surface area contributed by atoms with Crippen molar-refractivity contribution in [2.75, 3.05) is 6.54 Å². The van der Waals surface area contributed by atoms with Crippen molar-refractivity contribution in [3.8, 4) is 0 Å². The predicted molar refractivity (Wildman–Crippen MR) is 63.1 cm³/mol. The number of nitro benzene ring substituents is 1. The molecule has 0 radical (unpaired) electrons. The van der Waals surface area contributed by atoms with Crippen LogP contribution < -0.4 is 4.72 Å². The summed E-state index contributed by atoms with van der Waals surface area (Å²) < 4.78 is 39.2. The second-order valence-corrected chi connectivity index (χ2v) is 5.82. The monoisotopic (exact) mass is 276 g/mol. The standard InChI is InChI=1S/C10H13FN2O4S/c1-7(2)6-12-18(16,17)9-5-3-4-8(11)10(9)13(14)15/h3-5,7,12H,6H2,1-2H3. The van der Waals surface area contributed by atoms with E-state index in [0.717, 1.165) is 18.2 Å². The Hall–Kier alpha value is -1.54. The summed E-state index contributed by atoms with van der Waals surface area (Å²) in [6, 6.07) is 2.97. The van der Waals surface area contributed by atoms with Gasteiger partial charge in [-0.2, -0.15) is 4.39 Å². The number of halogens is 1. The molecule has 100 valence electrons. The summed E-state index contributed by atoms with van der Waals surface area (Å²) in [7, 11) is -4.09. The van der Waals surface area contributed by atoms with Gasteiger partial charge >= 0.3 is 5.69 Å². The Bertz CT molecular complexity index is 557. The Labute approximate surface area is 104 Å². The second-order valence-electron chi connectivity index (χ2n) is 4.09. The van der Waals surface area contributed by atoms with E-state index < -0.39 is 31.3 Å². The van der Waals surface area contributed by atoms with Crippen LogP contribution in [-0.2, 0) is 10.0 Å². The van der Waals surface area contributed by atoms with Gasteiger partial charge in [-0.3, -0.25) is 10.1 Å². The lowest BCUT2D eigenvalue weighted by atomic mass is 10.2. The van der Waals surface area contributed by atoms with Crippen LogP contribution in [0.3, 0.4) is 0 Å². The van der Waals surface area contributed by atoms with Gasteiger partial charge in [0, 0.05) is 6.54 Å². The third kappa shape index (κ3) is 3.23. The molecule has 0 aromatic heterocycles. The molecule has 0 aliphatic rings. The van der Waals surface area contributed by atoms with Crippen LogP contribution in [0.4, 0.5) is 10.1 Å². The normalized spacial score (nSPS) is 11.8. The van der Waals surface area contributed by atoms with E-state index in [0.29, 0.717) is 0 Å². The minimum atomic E-state index is -4.09. The first kappa shape index (κ1) is 14.5. The van der Waals surface area contributed by atoms with Gasteiger partial charge in [-0.05, 0) is 18.1 Å². The van der Waals surface area contributed by atoms with Crippen molar-refractivity contribution in [2.24, 2.45) is 5.92 Å². The molecular weight excluding hydrogens is 263 g/mol. The molecule has 0 spiro atoms. The van der Waals surface area contributed by atoms with E-state index in [4.69, 9.17) is 0 Å². The van der Waals surface area contributed by atoms with Crippen molar-refractivity contribution < 1.29 is 17.7 Å². The molecule has 0 amide bonds. The van der Waals surface area contributed by atoms with Crippen LogP contribution in [0, 0.1) is 21.8 Å². The third-order valence-electron chi connectivity index (χ3n) is 2.10. The van der Waals surface area contributed by atoms with E-state index in [1.807, 2.05) is 0 Å². The predicted octanol–water partition coefficient (Wildman–Crippen LogP) is 1.67. The molecule has 0 saturated heterocycles.